The van der Waals surface area contributed by atoms with E-state index in [0.29, 0.717) is 5.75 Å². The van der Waals surface area contributed by atoms with E-state index >= 15 is 0 Å². The highest BCUT2D eigenvalue weighted by Crippen LogP contribution is 2.15. The number of ether oxygens (including phenoxy) is 1. The molecular weight excluding hydrogens is 194 g/mol. The van der Waals surface area contributed by atoms with Crippen LogP contribution in [0.15, 0.2) is 18.3 Å². The summed E-state index contributed by atoms with van der Waals surface area (Å²) < 4.78 is 5.66. The first kappa shape index (κ1) is 9.92. The molecule has 1 aliphatic rings. The smallest absolute Gasteiger partial charge is 0.267 e. The van der Waals surface area contributed by atoms with Crippen molar-refractivity contribution < 1.29 is 9.53 Å². The van der Waals surface area contributed by atoms with Gasteiger partial charge in [-0.05, 0) is 19.0 Å². The summed E-state index contributed by atoms with van der Waals surface area (Å²) >= 11 is 0. The average Bonchev–Trinajstić information content (AvgIpc) is 2.71. The maximum absolute atomic E-state index is 10.9. The number of amides is 1. The van der Waals surface area contributed by atoms with Gasteiger partial charge in [0.05, 0.1) is 0 Å². The lowest BCUT2D eigenvalue weighted by molar-refractivity contribution is 0.0994. The van der Waals surface area contributed by atoms with E-state index in [1.54, 1.807) is 12.1 Å². The molecule has 1 aromatic rings. The number of nitrogens with two attached hydrogens (primary N) is 1. The van der Waals surface area contributed by atoms with E-state index in [4.69, 9.17) is 10.5 Å². The maximum atomic E-state index is 10.9. The van der Waals surface area contributed by atoms with Gasteiger partial charge in [-0.15, -0.1) is 0 Å². The lowest BCUT2D eigenvalue weighted by atomic mass is 10.3. The molecule has 0 radical (unpaired) electrons. The molecule has 0 saturated carbocycles. The van der Waals surface area contributed by atoms with Crippen LogP contribution in [0.2, 0.25) is 0 Å². The molecule has 0 spiro atoms. The zero-order chi connectivity index (χ0) is 10.7. The number of pyridine rings is 1. The third-order valence-corrected chi connectivity index (χ3v) is 2.30. The fraction of sp³-hybridized carbons (Fsp3) is 0.400. The maximum Gasteiger partial charge on any atom is 0.267 e. The lowest BCUT2D eigenvalue weighted by Crippen LogP contribution is -2.20. The average molecular weight is 207 g/mol. The van der Waals surface area contributed by atoms with Gasteiger partial charge >= 0.3 is 0 Å². The van der Waals surface area contributed by atoms with Crippen molar-refractivity contribution in [1.29, 1.82) is 0 Å². The third kappa shape index (κ3) is 2.44. The number of nitrogens with zero attached hydrogens (tertiary/aromatic N) is 1. The fourth-order valence-corrected chi connectivity index (χ4v) is 1.54. The van der Waals surface area contributed by atoms with Gasteiger partial charge in [-0.25, -0.2) is 0 Å². The fourth-order valence-electron chi connectivity index (χ4n) is 1.54. The van der Waals surface area contributed by atoms with Crippen molar-refractivity contribution in [2.24, 2.45) is 5.73 Å². The molecular formula is C10H13N3O2. The Morgan fingerprint density at radius 2 is 2.53 bits per heavy atom. The van der Waals surface area contributed by atoms with Crippen molar-refractivity contribution in [1.82, 2.24) is 10.3 Å². The van der Waals surface area contributed by atoms with Crippen LogP contribution < -0.4 is 15.8 Å². The predicted molar refractivity (Wildman–Crippen MR) is 54.7 cm³/mol. The van der Waals surface area contributed by atoms with E-state index in [1.807, 2.05) is 0 Å². The standard InChI is InChI=1S/C10H13N3O2/c11-10(14)9-5-7(2-4-13-9)15-8-1-3-12-6-8/h2,4-5,8,12H,1,3,6H2,(H2,11,14). The molecule has 80 valence electrons. The van der Waals surface area contributed by atoms with Crippen molar-refractivity contribution in [2.75, 3.05) is 13.1 Å². The number of primary amides is 1. The molecule has 0 aliphatic carbocycles. The minimum absolute atomic E-state index is 0.174. The summed E-state index contributed by atoms with van der Waals surface area (Å²) in [6.07, 6.45) is 2.68. The van der Waals surface area contributed by atoms with E-state index < -0.39 is 5.91 Å². The number of hydrogen-bond acceptors (Lipinski definition) is 4. The normalized spacial score (nSPS) is 20.1. The lowest BCUT2D eigenvalue weighted by Gasteiger charge is -2.12. The number of carbonyl (C=O) groups excluding carboxylic acids is 1. The van der Waals surface area contributed by atoms with Crippen LogP contribution in [0.25, 0.3) is 0 Å². The Morgan fingerprint density at radius 3 is 3.20 bits per heavy atom. The van der Waals surface area contributed by atoms with Crippen LogP contribution in [0.5, 0.6) is 5.75 Å². The highest BCUT2D eigenvalue weighted by atomic mass is 16.5. The second kappa shape index (κ2) is 4.27. The van der Waals surface area contributed by atoms with E-state index in [0.717, 1.165) is 19.5 Å². The number of carbonyl (C=O) groups is 1. The first-order valence-corrected chi connectivity index (χ1v) is 4.89. The highest BCUT2D eigenvalue weighted by molar-refractivity contribution is 5.91. The number of nitrogens with one attached hydrogen (secondary N) is 1. The Kier molecular flexibility index (Phi) is 2.82. The van der Waals surface area contributed by atoms with Gasteiger partial charge in [0, 0.05) is 18.8 Å². The van der Waals surface area contributed by atoms with Gasteiger partial charge in [0.1, 0.15) is 17.5 Å². The molecule has 1 atom stereocenters. The number of hydrogen-bond donors (Lipinski definition) is 2. The summed E-state index contributed by atoms with van der Waals surface area (Å²) in [5.74, 6) is 0.109. The summed E-state index contributed by atoms with van der Waals surface area (Å²) in [6.45, 7) is 1.81. The zero-order valence-electron chi connectivity index (χ0n) is 8.27. The minimum atomic E-state index is -0.537. The van der Waals surface area contributed by atoms with Crippen LogP contribution in [-0.4, -0.2) is 30.1 Å². The van der Waals surface area contributed by atoms with Crippen molar-refractivity contribution >= 4 is 5.91 Å². The van der Waals surface area contributed by atoms with Crippen LogP contribution in [0.1, 0.15) is 16.9 Å². The van der Waals surface area contributed by atoms with Gasteiger partial charge in [-0.2, -0.15) is 0 Å². The predicted octanol–water partition coefficient (Wildman–Crippen LogP) is -0.0788. The summed E-state index contributed by atoms with van der Waals surface area (Å²) in [5.41, 5.74) is 5.36. The van der Waals surface area contributed by atoms with Crippen LogP contribution in [0.4, 0.5) is 0 Å². The Balaban J connectivity index is 2.07. The van der Waals surface area contributed by atoms with Gasteiger partial charge in [0.15, 0.2) is 0 Å². The van der Waals surface area contributed by atoms with Crippen molar-refractivity contribution in [3.05, 3.63) is 24.0 Å². The quantitative estimate of drug-likeness (QED) is 0.726. The Labute approximate surface area is 87.6 Å². The summed E-state index contributed by atoms with van der Waals surface area (Å²) in [6, 6.07) is 3.30. The molecule has 2 rings (SSSR count). The van der Waals surface area contributed by atoms with Gasteiger partial charge in [0.25, 0.3) is 5.91 Å². The van der Waals surface area contributed by atoms with E-state index in [2.05, 4.69) is 10.3 Å². The molecule has 5 heteroatoms. The van der Waals surface area contributed by atoms with E-state index in [-0.39, 0.29) is 11.8 Å². The molecule has 0 bridgehead atoms. The first-order valence-electron chi connectivity index (χ1n) is 4.89. The Hall–Kier alpha value is -1.62. The summed E-state index contributed by atoms with van der Waals surface area (Å²) in [5, 5.41) is 3.20. The molecule has 3 N–H and O–H groups in total. The van der Waals surface area contributed by atoms with Crippen LogP contribution >= 0.6 is 0 Å². The van der Waals surface area contributed by atoms with Gasteiger partial charge in [0.2, 0.25) is 0 Å². The first-order chi connectivity index (χ1) is 7.25. The zero-order valence-corrected chi connectivity index (χ0v) is 8.27. The molecule has 0 aromatic carbocycles. The molecule has 1 aromatic heterocycles. The second-order valence-corrected chi connectivity index (χ2v) is 3.47. The van der Waals surface area contributed by atoms with Crippen molar-refractivity contribution in [2.45, 2.75) is 12.5 Å². The van der Waals surface area contributed by atoms with Crippen LogP contribution in [-0.2, 0) is 0 Å². The molecule has 1 unspecified atom stereocenters. The van der Waals surface area contributed by atoms with Crippen molar-refractivity contribution in [3.8, 4) is 5.75 Å². The minimum Gasteiger partial charge on any atom is -0.489 e. The number of aromatic nitrogens is 1. The molecule has 1 fully saturated rings. The van der Waals surface area contributed by atoms with Crippen molar-refractivity contribution in [3.63, 3.8) is 0 Å². The third-order valence-electron chi connectivity index (χ3n) is 2.30. The van der Waals surface area contributed by atoms with E-state index in [9.17, 15) is 4.79 Å². The van der Waals surface area contributed by atoms with Gasteiger partial charge in [-0.1, -0.05) is 0 Å². The van der Waals surface area contributed by atoms with Gasteiger partial charge in [-0.3, -0.25) is 9.78 Å². The monoisotopic (exact) mass is 207 g/mol. The van der Waals surface area contributed by atoms with Gasteiger partial charge < -0.3 is 15.8 Å². The SMILES string of the molecule is NC(=O)c1cc(OC2CCNC2)ccn1. The molecule has 1 amide bonds. The largest absolute Gasteiger partial charge is 0.489 e. The number of rotatable bonds is 3. The molecule has 1 aliphatic heterocycles. The summed E-state index contributed by atoms with van der Waals surface area (Å²) in [4.78, 5) is 14.7. The topological polar surface area (TPSA) is 77.2 Å². The Morgan fingerprint density at radius 1 is 1.67 bits per heavy atom. The molecule has 1 saturated heterocycles. The van der Waals surface area contributed by atoms with E-state index in [1.165, 1.54) is 6.20 Å². The second-order valence-electron chi connectivity index (χ2n) is 3.47. The summed E-state index contributed by atoms with van der Waals surface area (Å²) in [7, 11) is 0. The molecule has 15 heavy (non-hydrogen) atoms. The molecule has 5 nitrogen and oxygen atoms in total. The molecule has 2 heterocycles. The highest BCUT2D eigenvalue weighted by Gasteiger charge is 2.16. The van der Waals surface area contributed by atoms with Crippen LogP contribution in [0, 0.1) is 0 Å². The van der Waals surface area contributed by atoms with Crippen LogP contribution in [0.3, 0.4) is 0 Å². The Bertz CT molecular complexity index is 361.